The third-order valence-electron chi connectivity index (χ3n) is 3.75. The zero-order valence-electron chi connectivity index (χ0n) is 13.8. The molecule has 0 saturated heterocycles. The van der Waals surface area contributed by atoms with Crippen molar-refractivity contribution in [3.8, 4) is 11.1 Å². The summed E-state index contributed by atoms with van der Waals surface area (Å²) in [5.41, 5.74) is 2.32. The number of hydrogen-bond acceptors (Lipinski definition) is 5. The van der Waals surface area contributed by atoms with Gasteiger partial charge in [-0.25, -0.2) is 9.97 Å². The lowest BCUT2D eigenvalue weighted by molar-refractivity contribution is -0.120. The van der Waals surface area contributed by atoms with Crippen molar-refractivity contribution >= 4 is 33.3 Å². The SMILES string of the molecule is CCNC(=O)CCNc1ncnc2sc(C)c(-c3ccccc3)c12. The van der Waals surface area contributed by atoms with Gasteiger partial charge in [0.25, 0.3) is 0 Å². The Balaban J connectivity index is 1.93. The number of hydrogen-bond donors (Lipinski definition) is 2. The van der Waals surface area contributed by atoms with Crippen molar-refractivity contribution < 1.29 is 4.79 Å². The summed E-state index contributed by atoms with van der Waals surface area (Å²) in [4.78, 5) is 22.6. The van der Waals surface area contributed by atoms with Gasteiger partial charge in [-0.15, -0.1) is 11.3 Å². The largest absolute Gasteiger partial charge is 0.369 e. The van der Waals surface area contributed by atoms with Crippen LogP contribution in [-0.4, -0.2) is 29.0 Å². The first-order chi connectivity index (χ1) is 11.7. The molecule has 3 rings (SSSR count). The summed E-state index contributed by atoms with van der Waals surface area (Å²) in [6.45, 7) is 5.21. The smallest absolute Gasteiger partial charge is 0.221 e. The molecule has 124 valence electrons. The van der Waals surface area contributed by atoms with E-state index in [1.807, 2.05) is 25.1 Å². The van der Waals surface area contributed by atoms with Crippen LogP contribution in [0.3, 0.4) is 0 Å². The van der Waals surface area contributed by atoms with Crippen molar-refractivity contribution in [1.29, 1.82) is 0 Å². The van der Waals surface area contributed by atoms with Crippen LogP contribution in [0, 0.1) is 6.92 Å². The van der Waals surface area contributed by atoms with E-state index >= 15 is 0 Å². The Morgan fingerprint density at radius 3 is 2.75 bits per heavy atom. The Kier molecular flexibility index (Phi) is 5.05. The van der Waals surface area contributed by atoms with Crippen molar-refractivity contribution in [3.05, 3.63) is 41.5 Å². The van der Waals surface area contributed by atoms with Gasteiger partial charge >= 0.3 is 0 Å². The molecule has 1 aromatic carbocycles. The molecular weight excluding hydrogens is 320 g/mol. The van der Waals surface area contributed by atoms with Crippen LogP contribution in [0.15, 0.2) is 36.7 Å². The Labute approximate surface area is 145 Å². The van der Waals surface area contributed by atoms with Crippen molar-refractivity contribution in [3.63, 3.8) is 0 Å². The molecule has 1 amide bonds. The van der Waals surface area contributed by atoms with Crippen molar-refractivity contribution in [2.45, 2.75) is 20.3 Å². The minimum Gasteiger partial charge on any atom is -0.369 e. The molecule has 0 bridgehead atoms. The number of benzene rings is 1. The van der Waals surface area contributed by atoms with Gasteiger partial charge in [0.1, 0.15) is 17.0 Å². The molecule has 0 unspecified atom stereocenters. The average Bonchev–Trinajstić information content (AvgIpc) is 2.92. The maximum Gasteiger partial charge on any atom is 0.221 e. The van der Waals surface area contributed by atoms with E-state index in [0.717, 1.165) is 27.2 Å². The molecule has 0 aliphatic heterocycles. The number of aryl methyl sites for hydroxylation is 1. The van der Waals surface area contributed by atoms with Gasteiger partial charge in [-0.2, -0.15) is 0 Å². The van der Waals surface area contributed by atoms with Gasteiger partial charge in [-0.3, -0.25) is 4.79 Å². The molecular formula is C18H20N4OS. The standard InChI is InChI=1S/C18H20N4OS/c1-3-19-14(23)9-10-20-17-16-15(13-7-5-4-6-8-13)12(2)24-18(16)22-11-21-17/h4-8,11H,3,9-10H2,1-2H3,(H,19,23)(H,20,21,22). The van der Waals surface area contributed by atoms with Crippen molar-refractivity contribution in [2.24, 2.45) is 0 Å². The highest BCUT2D eigenvalue weighted by Crippen LogP contribution is 2.40. The van der Waals surface area contributed by atoms with Crippen LogP contribution in [0.2, 0.25) is 0 Å². The van der Waals surface area contributed by atoms with E-state index < -0.39 is 0 Å². The second-order valence-corrected chi connectivity index (χ2v) is 6.64. The van der Waals surface area contributed by atoms with E-state index in [9.17, 15) is 4.79 Å². The van der Waals surface area contributed by atoms with Crippen molar-refractivity contribution in [2.75, 3.05) is 18.4 Å². The summed E-state index contributed by atoms with van der Waals surface area (Å²) in [5, 5.41) is 7.13. The number of nitrogens with one attached hydrogen (secondary N) is 2. The summed E-state index contributed by atoms with van der Waals surface area (Å²) >= 11 is 1.67. The molecule has 24 heavy (non-hydrogen) atoms. The number of thiophene rings is 1. The Morgan fingerprint density at radius 2 is 2.00 bits per heavy atom. The van der Waals surface area contributed by atoms with Gasteiger partial charge < -0.3 is 10.6 Å². The number of anilines is 1. The average molecular weight is 340 g/mol. The van der Waals surface area contributed by atoms with Gasteiger partial charge in [0.2, 0.25) is 5.91 Å². The lowest BCUT2D eigenvalue weighted by Crippen LogP contribution is -2.24. The van der Waals surface area contributed by atoms with Crippen molar-refractivity contribution in [1.82, 2.24) is 15.3 Å². The summed E-state index contributed by atoms with van der Waals surface area (Å²) < 4.78 is 0. The van der Waals surface area contributed by atoms with E-state index in [1.165, 1.54) is 4.88 Å². The summed E-state index contributed by atoms with van der Waals surface area (Å²) in [6.07, 6.45) is 1.99. The molecule has 0 radical (unpaired) electrons. The van der Waals surface area contributed by atoms with Crippen LogP contribution >= 0.6 is 11.3 Å². The Hall–Kier alpha value is -2.47. The minimum atomic E-state index is 0.0417. The van der Waals surface area contributed by atoms with Gasteiger partial charge in [0.05, 0.1) is 5.39 Å². The van der Waals surface area contributed by atoms with Crippen LogP contribution in [0.1, 0.15) is 18.2 Å². The molecule has 0 aliphatic rings. The lowest BCUT2D eigenvalue weighted by Gasteiger charge is -2.09. The molecule has 2 heterocycles. The molecule has 0 fully saturated rings. The lowest BCUT2D eigenvalue weighted by atomic mass is 10.0. The van der Waals surface area contributed by atoms with E-state index in [0.29, 0.717) is 19.5 Å². The maximum atomic E-state index is 11.6. The molecule has 0 spiro atoms. The maximum absolute atomic E-state index is 11.6. The fourth-order valence-electron chi connectivity index (χ4n) is 2.71. The number of aromatic nitrogens is 2. The quantitative estimate of drug-likeness (QED) is 0.719. The van der Waals surface area contributed by atoms with E-state index in [-0.39, 0.29) is 5.91 Å². The first kappa shape index (κ1) is 16.4. The van der Waals surface area contributed by atoms with Crippen LogP contribution in [0.5, 0.6) is 0 Å². The van der Waals surface area contributed by atoms with E-state index in [4.69, 9.17) is 0 Å². The number of nitrogens with zero attached hydrogens (tertiary/aromatic N) is 2. The molecule has 6 heteroatoms. The number of rotatable bonds is 6. The molecule has 3 aromatic rings. The van der Waals surface area contributed by atoms with Crippen LogP contribution in [-0.2, 0) is 4.79 Å². The van der Waals surface area contributed by atoms with Crippen LogP contribution in [0.4, 0.5) is 5.82 Å². The zero-order valence-corrected chi connectivity index (χ0v) is 14.6. The molecule has 0 aliphatic carbocycles. The van der Waals surface area contributed by atoms with Crippen LogP contribution in [0.25, 0.3) is 21.3 Å². The summed E-state index contributed by atoms with van der Waals surface area (Å²) in [6, 6.07) is 10.3. The molecule has 5 nitrogen and oxygen atoms in total. The zero-order chi connectivity index (χ0) is 16.9. The normalized spacial score (nSPS) is 10.8. The Bertz CT molecular complexity index is 845. The number of amides is 1. The summed E-state index contributed by atoms with van der Waals surface area (Å²) in [5.74, 6) is 0.826. The van der Waals surface area contributed by atoms with Crippen LogP contribution < -0.4 is 10.6 Å². The predicted molar refractivity (Wildman–Crippen MR) is 99.4 cm³/mol. The highest BCUT2D eigenvalue weighted by Gasteiger charge is 2.16. The first-order valence-electron chi connectivity index (χ1n) is 8.00. The summed E-state index contributed by atoms with van der Waals surface area (Å²) in [7, 11) is 0. The topological polar surface area (TPSA) is 66.9 Å². The van der Waals surface area contributed by atoms with Gasteiger partial charge in [-0.1, -0.05) is 30.3 Å². The molecule has 0 atom stereocenters. The first-order valence-corrected chi connectivity index (χ1v) is 8.82. The second kappa shape index (κ2) is 7.40. The molecule has 2 aromatic heterocycles. The number of carbonyl (C=O) groups excluding carboxylic acids is 1. The number of carbonyl (C=O) groups is 1. The Morgan fingerprint density at radius 1 is 1.21 bits per heavy atom. The fourth-order valence-corrected chi connectivity index (χ4v) is 3.72. The minimum absolute atomic E-state index is 0.0417. The van der Waals surface area contributed by atoms with Gasteiger partial charge in [-0.05, 0) is 19.4 Å². The van der Waals surface area contributed by atoms with Gasteiger partial charge in [0.15, 0.2) is 0 Å². The van der Waals surface area contributed by atoms with E-state index in [2.05, 4.69) is 39.7 Å². The third kappa shape index (κ3) is 3.38. The predicted octanol–water partition coefficient (Wildman–Crippen LogP) is 3.60. The number of fused-ring (bicyclic) bond motifs is 1. The highest BCUT2D eigenvalue weighted by atomic mass is 32.1. The van der Waals surface area contributed by atoms with E-state index in [1.54, 1.807) is 17.7 Å². The third-order valence-corrected chi connectivity index (χ3v) is 4.76. The highest BCUT2D eigenvalue weighted by molar-refractivity contribution is 7.19. The van der Waals surface area contributed by atoms with Gasteiger partial charge in [0, 0.05) is 30.0 Å². The fraction of sp³-hybridized carbons (Fsp3) is 0.278. The monoisotopic (exact) mass is 340 g/mol. The second-order valence-electron chi connectivity index (χ2n) is 5.43. The molecule has 2 N–H and O–H groups in total. The molecule has 0 saturated carbocycles.